The number of aromatic nitrogens is 3. The Morgan fingerprint density at radius 3 is 2.32 bits per heavy atom. The Hall–Kier alpha value is -3.63. The van der Waals surface area contributed by atoms with Crippen LogP contribution in [-0.2, 0) is 10.0 Å². The first kappa shape index (κ1) is 22.2. The molecule has 34 heavy (non-hydrogen) atoms. The Morgan fingerprint density at radius 1 is 0.882 bits per heavy atom. The second-order valence-corrected chi connectivity index (χ2v) is 10.2. The van der Waals surface area contributed by atoms with Crippen LogP contribution in [0.4, 0.5) is 15.9 Å². The van der Waals surface area contributed by atoms with Gasteiger partial charge in [-0.05, 0) is 47.5 Å². The molecule has 2 aromatic carbocycles. The Bertz CT molecular complexity index is 1490. The van der Waals surface area contributed by atoms with Crippen LogP contribution in [0.2, 0.25) is 0 Å². The van der Waals surface area contributed by atoms with Gasteiger partial charge >= 0.3 is 0 Å². The lowest BCUT2D eigenvalue weighted by Crippen LogP contribution is -2.48. The summed E-state index contributed by atoms with van der Waals surface area (Å²) in [6.45, 7) is 1.52. The van der Waals surface area contributed by atoms with Gasteiger partial charge in [-0.15, -0.1) is 0 Å². The zero-order valence-electron chi connectivity index (χ0n) is 18.5. The topological polar surface area (TPSA) is 105 Å². The van der Waals surface area contributed by atoms with Gasteiger partial charge in [-0.2, -0.15) is 4.31 Å². The number of anilines is 2. The molecule has 8 nitrogen and oxygen atoms in total. The van der Waals surface area contributed by atoms with E-state index in [0.29, 0.717) is 48.9 Å². The highest BCUT2D eigenvalue weighted by Crippen LogP contribution is 2.32. The average Bonchev–Trinajstić information content (AvgIpc) is 2.83. The van der Waals surface area contributed by atoms with Gasteiger partial charge in [0.05, 0.1) is 23.2 Å². The molecule has 2 aromatic heterocycles. The third kappa shape index (κ3) is 4.29. The lowest BCUT2D eigenvalue weighted by Gasteiger charge is -2.34. The number of fused-ring (bicyclic) bond motifs is 1. The van der Waals surface area contributed by atoms with E-state index in [-0.39, 0.29) is 5.82 Å². The second kappa shape index (κ2) is 8.62. The minimum absolute atomic E-state index is 0.332. The zero-order valence-corrected chi connectivity index (χ0v) is 19.3. The van der Waals surface area contributed by atoms with Crippen LogP contribution in [-0.4, -0.2) is 60.1 Å². The number of piperazine rings is 1. The number of sulfonamides is 1. The molecule has 0 spiro atoms. The van der Waals surface area contributed by atoms with Crippen molar-refractivity contribution >= 4 is 32.4 Å². The van der Waals surface area contributed by atoms with Crippen molar-refractivity contribution in [2.45, 2.75) is 0 Å². The fourth-order valence-corrected chi connectivity index (χ4v) is 5.09. The van der Waals surface area contributed by atoms with Crippen LogP contribution in [0.25, 0.3) is 33.3 Å². The Labute approximate surface area is 196 Å². The summed E-state index contributed by atoms with van der Waals surface area (Å²) < 4.78 is 40.1. The van der Waals surface area contributed by atoms with Gasteiger partial charge in [-0.1, -0.05) is 12.1 Å². The Balaban J connectivity index is 1.48. The van der Waals surface area contributed by atoms with Crippen LogP contribution in [0.1, 0.15) is 0 Å². The molecule has 0 unspecified atom stereocenters. The maximum Gasteiger partial charge on any atom is 0.211 e. The molecule has 1 aliphatic rings. The summed E-state index contributed by atoms with van der Waals surface area (Å²) in [5.74, 6) is 0.0484. The minimum atomic E-state index is -3.24. The van der Waals surface area contributed by atoms with Gasteiger partial charge in [0.2, 0.25) is 10.0 Å². The Morgan fingerprint density at radius 2 is 1.62 bits per heavy atom. The third-order valence-electron chi connectivity index (χ3n) is 6.02. The molecule has 174 valence electrons. The average molecular weight is 479 g/mol. The molecule has 4 aromatic rings. The number of nitrogen functional groups attached to an aromatic ring is 1. The van der Waals surface area contributed by atoms with Crippen molar-refractivity contribution in [1.82, 2.24) is 19.3 Å². The lowest BCUT2D eigenvalue weighted by atomic mass is 10.0. The van der Waals surface area contributed by atoms with Crippen molar-refractivity contribution in [1.29, 1.82) is 0 Å². The highest BCUT2D eigenvalue weighted by Gasteiger charge is 2.25. The highest BCUT2D eigenvalue weighted by molar-refractivity contribution is 7.88. The summed E-state index contributed by atoms with van der Waals surface area (Å²) in [6, 6.07) is 14.5. The molecule has 2 N–H and O–H groups in total. The van der Waals surface area contributed by atoms with E-state index < -0.39 is 10.0 Å². The maximum atomic E-state index is 15.2. The summed E-state index contributed by atoms with van der Waals surface area (Å²) in [5.41, 5.74) is 10.1. The van der Waals surface area contributed by atoms with Gasteiger partial charge in [0, 0.05) is 43.3 Å². The van der Waals surface area contributed by atoms with Gasteiger partial charge in [-0.25, -0.2) is 27.8 Å². The van der Waals surface area contributed by atoms with E-state index in [2.05, 4.69) is 15.0 Å². The van der Waals surface area contributed by atoms with Gasteiger partial charge in [0.15, 0.2) is 0 Å². The van der Waals surface area contributed by atoms with E-state index in [4.69, 9.17) is 5.73 Å². The molecular weight excluding hydrogens is 455 g/mol. The molecule has 1 fully saturated rings. The van der Waals surface area contributed by atoms with Crippen LogP contribution in [0, 0.1) is 5.82 Å². The van der Waals surface area contributed by atoms with Crippen molar-refractivity contribution in [2.75, 3.05) is 43.1 Å². The number of rotatable bonds is 4. The molecule has 0 bridgehead atoms. The molecule has 3 heterocycles. The van der Waals surface area contributed by atoms with Crippen molar-refractivity contribution in [3.8, 4) is 22.4 Å². The first-order chi connectivity index (χ1) is 16.3. The summed E-state index contributed by atoms with van der Waals surface area (Å²) in [5, 5.41) is 0.796. The van der Waals surface area contributed by atoms with Crippen LogP contribution in [0.3, 0.4) is 0 Å². The molecule has 0 atom stereocenters. The largest absolute Gasteiger partial charge is 0.384 e. The molecule has 10 heteroatoms. The smallest absolute Gasteiger partial charge is 0.211 e. The van der Waals surface area contributed by atoms with Gasteiger partial charge in [0.25, 0.3) is 0 Å². The quantitative estimate of drug-likeness (QED) is 0.480. The molecule has 0 radical (unpaired) electrons. The first-order valence-electron chi connectivity index (χ1n) is 10.8. The highest BCUT2D eigenvalue weighted by atomic mass is 32.2. The minimum Gasteiger partial charge on any atom is -0.384 e. The lowest BCUT2D eigenvalue weighted by molar-refractivity contribution is 0.386. The number of nitrogens with zero attached hydrogens (tertiary/aromatic N) is 5. The van der Waals surface area contributed by atoms with Crippen molar-refractivity contribution < 1.29 is 12.8 Å². The third-order valence-corrected chi connectivity index (χ3v) is 7.32. The van der Waals surface area contributed by atoms with Crippen molar-refractivity contribution in [2.24, 2.45) is 0 Å². The zero-order chi connectivity index (χ0) is 23.9. The van der Waals surface area contributed by atoms with E-state index in [1.54, 1.807) is 18.3 Å². The predicted molar refractivity (Wildman–Crippen MR) is 131 cm³/mol. The monoisotopic (exact) mass is 478 g/mol. The number of nitrogens with two attached hydrogens (primary N) is 1. The normalized spacial score (nSPS) is 15.1. The van der Waals surface area contributed by atoms with Crippen LogP contribution >= 0.6 is 0 Å². The molecular formula is C24H23FN6O2S. The number of hydrogen-bond donors (Lipinski definition) is 1. The summed E-state index contributed by atoms with van der Waals surface area (Å²) in [6.07, 6.45) is 4.32. The van der Waals surface area contributed by atoms with E-state index in [0.717, 1.165) is 22.0 Å². The van der Waals surface area contributed by atoms with E-state index >= 15 is 4.39 Å². The number of pyridine rings is 1. The number of benzene rings is 2. The van der Waals surface area contributed by atoms with E-state index in [1.807, 2.05) is 35.2 Å². The molecule has 1 saturated heterocycles. The SMILES string of the molecule is CS(=O)(=O)N1CCN(c2ccc(-c3ncnc4ccc(-c5ccnc(N)c5)cc34)cc2F)CC1. The van der Waals surface area contributed by atoms with Crippen LogP contribution < -0.4 is 10.6 Å². The van der Waals surface area contributed by atoms with Gasteiger partial charge < -0.3 is 10.6 Å². The fourth-order valence-electron chi connectivity index (χ4n) is 4.27. The standard InChI is InChI=1S/C24H23FN6O2S/c1-34(32,33)31-10-8-30(9-11-31)22-5-3-18(13-20(22)25)24-19-12-16(2-4-21(19)28-15-29-24)17-6-7-27-23(26)14-17/h2-7,12-15H,8-11H2,1H3,(H2,26,27). The van der Waals surface area contributed by atoms with Gasteiger partial charge in [-0.3, -0.25) is 0 Å². The molecule has 0 saturated carbocycles. The summed E-state index contributed by atoms with van der Waals surface area (Å²) >= 11 is 0. The predicted octanol–water partition coefficient (Wildman–Crippen LogP) is 3.16. The number of hydrogen-bond acceptors (Lipinski definition) is 7. The van der Waals surface area contributed by atoms with Crippen molar-refractivity contribution in [3.05, 3.63) is 66.9 Å². The molecule has 1 aliphatic heterocycles. The summed E-state index contributed by atoms with van der Waals surface area (Å²) in [4.78, 5) is 14.7. The van der Waals surface area contributed by atoms with Crippen molar-refractivity contribution in [3.63, 3.8) is 0 Å². The molecule has 5 rings (SSSR count). The molecule has 0 aliphatic carbocycles. The van der Waals surface area contributed by atoms with E-state index in [1.165, 1.54) is 23.0 Å². The fraction of sp³-hybridized carbons (Fsp3) is 0.208. The second-order valence-electron chi connectivity index (χ2n) is 8.24. The number of halogens is 1. The van der Waals surface area contributed by atoms with Crippen LogP contribution in [0.5, 0.6) is 0 Å². The molecule has 0 amide bonds. The Kier molecular flexibility index (Phi) is 5.62. The summed E-state index contributed by atoms with van der Waals surface area (Å²) in [7, 11) is -3.24. The first-order valence-corrected chi connectivity index (χ1v) is 12.6. The van der Waals surface area contributed by atoms with E-state index in [9.17, 15) is 8.42 Å². The van der Waals surface area contributed by atoms with Gasteiger partial charge in [0.1, 0.15) is 18.0 Å². The van der Waals surface area contributed by atoms with Crippen LogP contribution in [0.15, 0.2) is 61.1 Å². The maximum absolute atomic E-state index is 15.2.